The first kappa shape index (κ1) is 35.1. The van der Waals surface area contributed by atoms with Crippen LogP contribution in [0.25, 0.3) is 0 Å². The molecule has 0 aliphatic carbocycles. The molecule has 0 unspecified atom stereocenters. The smallest absolute Gasteiger partial charge is 0.200 e. The molecule has 0 heterocycles. The van der Waals surface area contributed by atoms with E-state index in [-0.39, 0.29) is 0 Å². The Balaban J connectivity index is 7.00. The van der Waals surface area contributed by atoms with Crippen LogP contribution < -0.4 is 0 Å². The van der Waals surface area contributed by atoms with Crippen LogP contribution in [0.3, 0.4) is 0 Å². The van der Waals surface area contributed by atoms with Crippen molar-refractivity contribution in [2.24, 2.45) is 0 Å². The summed E-state index contributed by atoms with van der Waals surface area (Å²) in [6.45, 7) is 2.75. The highest BCUT2D eigenvalue weighted by Gasteiger charge is 2.97. The van der Waals surface area contributed by atoms with E-state index < -0.39 is 78.1 Å². The van der Waals surface area contributed by atoms with Crippen LogP contribution in [0.4, 0.5) is 87.8 Å². The molecule has 0 aliphatic rings. The second-order valence-electron chi connectivity index (χ2n) is 7.23. The van der Waals surface area contributed by atoms with Gasteiger partial charge in [0.2, 0.25) is 0 Å². The molecule has 0 saturated carbocycles. The third-order valence-electron chi connectivity index (χ3n) is 4.76. The summed E-state index contributed by atoms with van der Waals surface area (Å²) in [6.07, 6.45) is -4.25. The fourth-order valence-corrected chi connectivity index (χ4v) is 2.34. The van der Waals surface area contributed by atoms with E-state index >= 15 is 0 Å². The zero-order valence-electron chi connectivity index (χ0n) is 17.4. The zero-order chi connectivity index (χ0) is 30.5. The predicted molar refractivity (Wildman–Crippen MR) is 83.7 cm³/mol. The second kappa shape index (κ2) is 9.37. The van der Waals surface area contributed by atoms with E-state index in [1.807, 2.05) is 0 Å². The lowest BCUT2D eigenvalue weighted by Crippen LogP contribution is -2.76. The maximum Gasteiger partial charge on any atom is 0.385 e. The molecular weight excluding hydrogens is 584 g/mol. The average molecular weight is 596 g/mol. The van der Waals surface area contributed by atoms with Crippen molar-refractivity contribution in [2.75, 3.05) is 0 Å². The molecule has 0 aliphatic heterocycles. The van der Waals surface area contributed by atoms with Crippen LogP contribution in [-0.4, -0.2) is 59.2 Å². The maximum absolute atomic E-state index is 13.7. The minimum Gasteiger partial charge on any atom is -0.200 e. The van der Waals surface area contributed by atoms with Gasteiger partial charge in [-0.3, -0.25) is 0 Å². The Kier molecular flexibility index (Phi) is 8.89. The Bertz CT molecular complexity index is 849. The van der Waals surface area contributed by atoms with E-state index in [4.69, 9.17) is 0 Å². The summed E-state index contributed by atoms with van der Waals surface area (Å²) >= 11 is 0. The monoisotopic (exact) mass is 596 g/mol. The molecule has 20 heteroatoms. The summed E-state index contributed by atoms with van der Waals surface area (Å²) in [6, 6.07) is 0. The van der Waals surface area contributed by atoms with Crippen LogP contribution in [0.1, 0.15) is 19.8 Å². The third-order valence-corrected chi connectivity index (χ3v) is 4.76. The highest BCUT2D eigenvalue weighted by Crippen LogP contribution is 2.66. The first-order chi connectivity index (χ1) is 15.9. The van der Waals surface area contributed by atoms with Gasteiger partial charge in [-0.05, 0) is 19.4 Å². The van der Waals surface area contributed by atoms with Gasteiger partial charge in [-0.2, -0.15) is 87.8 Å². The van der Waals surface area contributed by atoms with Crippen LogP contribution in [0.5, 0.6) is 0 Å². The summed E-state index contributed by atoms with van der Waals surface area (Å²) < 4.78 is 270. The van der Waals surface area contributed by atoms with Crippen LogP contribution in [-0.2, 0) is 0 Å². The van der Waals surface area contributed by atoms with Gasteiger partial charge in [0.1, 0.15) is 0 Å². The predicted octanol–water partition coefficient (Wildman–Crippen LogP) is 8.88. The van der Waals surface area contributed by atoms with E-state index in [9.17, 15) is 87.8 Å². The van der Waals surface area contributed by atoms with Crippen molar-refractivity contribution in [3.63, 3.8) is 0 Å². The molecule has 0 bridgehead atoms. The Morgan fingerprint density at radius 1 is 0.459 bits per heavy atom. The number of alkyl halides is 20. The van der Waals surface area contributed by atoms with Crippen LogP contribution >= 0.6 is 0 Å². The van der Waals surface area contributed by atoms with E-state index in [1.54, 1.807) is 6.58 Å². The summed E-state index contributed by atoms with van der Waals surface area (Å²) in [4.78, 5) is 0. The van der Waals surface area contributed by atoms with Crippen molar-refractivity contribution in [1.29, 1.82) is 0 Å². The first-order valence-corrected chi connectivity index (χ1v) is 8.90. The number of hydrogen-bond acceptors (Lipinski definition) is 0. The second-order valence-corrected chi connectivity index (χ2v) is 7.23. The molecule has 0 nitrogen and oxygen atoms in total. The molecule has 0 rings (SSSR count). The van der Waals surface area contributed by atoms with E-state index in [2.05, 4.69) is 0 Å². The van der Waals surface area contributed by atoms with Crippen molar-refractivity contribution in [1.82, 2.24) is 0 Å². The molecule has 0 aromatic rings. The minimum atomic E-state index is -9.01. The lowest BCUT2D eigenvalue weighted by Gasteiger charge is -2.45. The van der Waals surface area contributed by atoms with Crippen molar-refractivity contribution < 1.29 is 87.8 Å². The van der Waals surface area contributed by atoms with Crippen LogP contribution in [0.15, 0.2) is 24.8 Å². The van der Waals surface area contributed by atoms with Crippen molar-refractivity contribution in [3.8, 4) is 0 Å². The summed E-state index contributed by atoms with van der Waals surface area (Å²) in [5.41, 5.74) is 0. The van der Waals surface area contributed by atoms with Crippen molar-refractivity contribution in [3.05, 3.63) is 24.8 Å². The molecule has 0 fully saturated rings. The van der Waals surface area contributed by atoms with E-state index in [0.29, 0.717) is 6.08 Å². The molecule has 0 aromatic carbocycles. The van der Waals surface area contributed by atoms with Gasteiger partial charge in [0.05, 0.1) is 0 Å². The third kappa shape index (κ3) is 4.52. The Morgan fingerprint density at radius 3 is 1.00 bits per heavy atom. The Hall–Kier alpha value is -1.92. The van der Waals surface area contributed by atoms with Crippen LogP contribution in [0.2, 0.25) is 0 Å². The van der Waals surface area contributed by atoms with Crippen LogP contribution in [0, 0.1) is 0 Å². The highest BCUT2D eigenvalue weighted by atomic mass is 19.4. The summed E-state index contributed by atoms with van der Waals surface area (Å²) in [5.74, 6) is -81.6. The van der Waals surface area contributed by atoms with Gasteiger partial charge in [0.25, 0.3) is 0 Å². The standard InChI is InChI=1S/C17H12F20/c1-3-5-6-7-9(20,21)11(24,25)13(28,29)15(32,33)17(36,37)16(34,35)14(30,31)12(26,27)10(22,23)8(18,19)4-2/h3-5H,2,6-7H2,1H3. The minimum absolute atomic E-state index is 0.505. The first-order valence-electron chi connectivity index (χ1n) is 8.90. The van der Waals surface area contributed by atoms with E-state index in [1.165, 1.54) is 0 Å². The molecule has 0 radical (unpaired) electrons. The zero-order valence-corrected chi connectivity index (χ0v) is 17.4. The molecule has 0 amide bonds. The van der Waals surface area contributed by atoms with Gasteiger partial charge >= 0.3 is 59.2 Å². The van der Waals surface area contributed by atoms with Crippen molar-refractivity contribution in [2.45, 2.75) is 79.0 Å². The fraction of sp³-hybridized carbons (Fsp3) is 0.765. The quantitative estimate of drug-likeness (QED) is 0.147. The fourth-order valence-electron chi connectivity index (χ4n) is 2.34. The molecule has 0 atom stereocenters. The van der Waals surface area contributed by atoms with Gasteiger partial charge in [0, 0.05) is 6.42 Å². The summed E-state index contributed by atoms with van der Waals surface area (Å²) in [7, 11) is 0. The average Bonchev–Trinajstić information content (AvgIpc) is 2.72. The maximum atomic E-state index is 13.7. The molecular formula is C17H12F20. The topological polar surface area (TPSA) is 0 Å². The van der Waals surface area contributed by atoms with Gasteiger partial charge in [-0.15, -0.1) is 0 Å². The Labute approximate surface area is 193 Å². The van der Waals surface area contributed by atoms with Crippen molar-refractivity contribution >= 4 is 0 Å². The number of halogens is 20. The number of allylic oxidation sites excluding steroid dienone is 3. The van der Waals surface area contributed by atoms with Gasteiger partial charge in [-0.25, -0.2) is 0 Å². The Morgan fingerprint density at radius 2 is 0.730 bits per heavy atom. The van der Waals surface area contributed by atoms with E-state index in [0.717, 1.165) is 13.0 Å². The normalized spacial score (nSPS) is 16.5. The molecule has 37 heavy (non-hydrogen) atoms. The lowest BCUT2D eigenvalue weighted by molar-refractivity contribution is -0.467. The largest absolute Gasteiger partial charge is 0.385 e. The summed E-state index contributed by atoms with van der Waals surface area (Å²) in [5, 5.41) is 0. The van der Waals surface area contributed by atoms with Gasteiger partial charge in [-0.1, -0.05) is 18.7 Å². The molecule has 0 spiro atoms. The lowest BCUT2D eigenvalue weighted by atomic mass is 9.85. The highest BCUT2D eigenvalue weighted by molar-refractivity contribution is 5.19. The SMILES string of the molecule is C=CC(F)(F)C(F)(F)C(F)(F)C(F)(F)C(F)(F)C(F)(F)C(F)(F)C(F)(F)C(F)(F)C(F)(F)CCC=CC. The molecule has 0 aromatic heterocycles. The van der Waals surface area contributed by atoms with Gasteiger partial charge in [0.15, 0.2) is 0 Å². The molecule has 0 N–H and O–H groups in total. The number of hydrogen-bond donors (Lipinski definition) is 0. The molecule has 220 valence electrons. The molecule has 0 saturated heterocycles. The van der Waals surface area contributed by atoms with Gasteiger partial charge < -0.3 is 0 Å². The number of rotatable bonds is 13.